The van der Waals surface area contributed by atoms with Crippen LogP contribution in [0.1, 0.15) is 45.9 Å². The van der Waals surface area contributed by atoms with Gasteiger partial charge in [-0.25, -0.2) is 0 Å². The molecule has 0 unspecified atom stereocenters. The van der Waals surface area contributed by atoms with E-state index in [-0.39, 0.29) is 6.10 Å². The maximum atomic E-state index is 6.86. The summed E-state index contributed by atoms with van der Waals surface area (Å²) in [6.45, 7) is 15.4. The Kier molecular flexibility index (Phi) is 11.3. The molecule has 0 bridgehead atoms. The Labute approximate surface area is 217 Å². The van der Waals surface area contributed by atoms with Crippen molar-refractivity contribution in [3.05, 3.63) is 99.6 Å². The third-order valence-corrected chi connectivity index (χ3v) is 8.56. The fourth-order valence-corrected chi connectivity index (χ4v) is 7.01. The fraction of sp³-hybridized carbons (Fsp3) is 0.355. The van der Waals surface area contributed by atoms with Crippen LogP contribution in [0, 0.1) is 41.5 Å². The molecular weight excluding hydrogens is 535 g/mol. The van der Waals surface area contributed by atoms with E-state index in [0.717, 1.165) is 0 Å². The van der Waals surface area contributed by atoms with Gasteiger partial charge in [-0.2, -0.15) is 0 Å². The average molecular weight is 577 g/mol. The number of rotatable bonds is 6. The molecule has 1 nitrogen and oxygen atoms in total. The Morgan fingerprint density at radius 2 is 1.09 bits per heavy atom. The second-order valence-corrected chi connectivity index (χ2v) is 20.4. The van der Waals surface area contributed by atoms with E-state index >= 15 is 0 Å². The monoisotopic (exact) mass is 578 g/mol. The molecule has 1 atom stereocenters. The molecule has 180 valence electrons. The van der Waals surface area contributed by atoms with Crippen LogP contribution in [0.2, 0.25) is 14.8 Å². The summed E-state index contributed by atoms with van der Waals surface area (Å²) in [5, 5.41) is 2.78. The molecule has 0 amide bonds. The molecular formula is C31H42OSiSn. The molecule has 0 fully saturated rings. The first kappa shape index (κ1) is 28.6. The summed E-state index contributed by atoms with van der Waals surface area (Å²) < 4.78 is 6.86. The fourth-order valence-electron chi connectivity index (χ4n) is 4.36. The molecule has 0 N–H and O–H groups in total. The van der Waals surface area contributed by atoms with E-state index in [4.69, 9.17) is 4.43 Å². The van der Waals surface area contributed by atoms with Crippen molar-refractivity contribution < 1.29 is 4.43 Å². The summed E-state index contributed by atoms with van der Waals surface area (Å²) in [7, 11) is -1.41. The average Bonchev–Trinajstić information content (AvgIpc) is 2.71. The van der Waals surface area contributed by atoms with Crippen LogP contribution in [-0.4, -0.2) is 34.9 Å². The number of aryl methyl sites for hydroxylation is 6. The zero-order chi connectivity index (χ0) is 25.4. The van der Waals surface area contributed by atoms with Crippen molar-refractivity contribution in [3.63, 3.8) is 0 Å². The molecule has 3 heteroatoms. The molecule has 0 aromatic heterocycles. The van der Waals surface area contributed by atoms with Gasteiger partial charge in [0.15, 0.2) is 0 Å². The van der Waals surface area contributed by atoms with Gasteiger partial charge in [0.1, 0.15) is 0 Å². The SMILES string of the molecule is Cc1cc(C)c([Si](O[C@@H](C)/C=C\c2ccccc2)c2c(C)cc(C)cc2C)c(C)c1.[CH3][Sn]([CH3])[CH3]. The standard InChI is InChI=1S/C28H33OSi.3CH3.Sn/c1-19-15-21(3)27(22(4)16-19)30(28-23(5)17-20(2)18-24(28)6)29-25(7)13-14-26-11-9-8-10-12-26;;;;/h8-18,25H,1-7H3;3*1H3;/b14-13-;;;;/t25-;;;;/m0..../s1. The van der Waals surface area contributed by atoms with Gasteiger partial charge >= 0.3 is 34.6 Å². The first-order valence-electron chi connectivity index (χ1n) is 12.2. The van der Waals surface area contributed by atoms with E-state index in [1.54, 1.807) is 0 Å². The minimum atomic E-state index is -1.41. The van der Waals surface area contributed by atoms with Crippen LogP contribution in [-0.2, 0) is 4.43 Å². The Bertz CT molecular complexity index is 995. The second-order valence-electron chi connectivity index (χ2n) is 9.97. The second kappa shape index (κ2) is 13.5. The zero-order valence-corrected chi connectivity index (χ0v) is 26.7. The molecule has 0 heterocycles. The van der Waals surface area contributed by atoms with Gasteiger partial charge in [-0.3, -0.25) is 0 Å². The third kappa shape index (κ3) is 8.55. The van der Waals surface area contributed by atoms with E-state index in [9.17, 15) is 0 Å². The van der Waals surface area contributed by atoms with Crippen molar-refractivity contribution in [2.24, 2.45) is 0 Å². The van der Waals surface area contributed by atoms with Crippen LogP contribution in [0.25, 0.3) is 6.08 Å². The number of benzene rings is 3. The summed E-state index contributed by atoms with van der Waals surface area (Å²) in [6, 6.07) is 19.6. The van der Waals surface area contributed by atoms with Crippen LogP contribution in [0.4, 0.5) is 0 Å². The Hall–Kier alpha value is -1.62. The van der Waals surface area contributed by atoms with E-state index in [1.165, 1.54) is 49.3 Å². The van der Waals surface area contributed by atoms with Gasteiger partial charge < -0.3 is 4.43 Å². The summed E-state index contributed by atoms with van der Waals surface area (Å²) in [6.07, 6.45) is 4.37. The van der Waals surface area contributed by atoms with E-state index < -0.39 is 28.8 Å². The van der Waals surface area contributed by atoms with Gasteiger partial charge in [-0.1, -0.05) is 77.9 Å². The van der Waals surface area contributed by atoms with Crippen molar-refractivity contribution >= 4 is 45.2 Å². The van der Waals surface area contributed by atoms with Gasteiger partial charge in [-0.05, 0) is 86.7 Å². The number of hydrogen-bond acceptors (Lipinski definition) is 1. The minimum absolute atomic E-state index is 0.0271. The molecule has 3 aromatic rings. The van der Waals surface area contributed by atoms with E-state index in [2.05, 4.69) is 124 Å². The Morgan fingerprint density at radius 3 is 1.47 bits per heavy atom. The summed E-state index contributed by atoms with van der Waals surface area (Å²) in [5.41, 5.74) is 9.15. The molecule has 3 rings (SSSR count). The van der Waals surface area contributed by atoms with E-state index in [1.807, 2.05) is 6.07 Å². The van der Waals surface area contributed by atoms with Crippen molar-refractivity contribution in [2.45, 2.75) is 69.4 Å². The predicted molar refractivity (Wildman–Crippen MR) is 156 cm³/mol. The Morgan fingerprint density at radius 1 is 0.706 bits per heavy atom. The van der Waals surface area contributed by atoms with Gasteiger partial charge in [0, 0.05) is 0 Å². The van der Waals surface area contributed by atoms with Crippen molar-refractivity contribution in [1.82, 2.24) is 0 Å². The molecule has 0 spiro atoms. The molecule has 0 saturated carbocycles. The predicted octanol–water partition coefficient (Wildman–Crippen LogP) is 7.13. The molecule has 0 aliphatic heterocycles. The molecule has 3 aromatic carbocycles. The van der Waals surface area contributed by atoms with E-state index in [0.29, 0.717) is 0 Å². The first-order valence-corrected chi connectivity index (χ1v) is 22.2. The normalized spacial score (nSPS) is 12.2. The summed E-state index contributed by atoms with van der Waals surface area (Å²) in [5.74, 6) is 0. The molecule has 0 saturated heterocycles. The quantitative estimate of drug-likeness (QED) is 0.283. The molecule has 2 radical (unpaired) electrons. The molecule has 0 aliphatic carbocycles. The van der Waals surface area contributed by atoms with Crippen LogP contribution in [0.3, 0.4) is 0 Å². The summed E-state index contributed by atoms with van der Waals surface area (Å²) >= 11 is -0.543. The van der Waals surface area contributed by atoms with Crippen molar-refractivity contribution in [1.29, 1.82) is 0 Å². The third-order valence-electron chi connectivity index (χ3n) is 5.47. The van der Waals surface area contributed by atoms with Gasteiger partial charge in [0.25, 0.3) is 9.04 Å². The topological polar surface area (TPSA) is 9.23 Å². The zero-order valence-electron chi connectivity index (χ0n) is 22.8. The number of hydrogen-bond donors (Lipinski definition) is 0. The van der Waals surface area contributed by atoms with Gasteiger partial charge in [0.05, 0.1) is 6.10 Å². The van der Waals surface area contributed by atoms with Crippen LogP contribution in [0.5, 0.6) is 0 Å². The van der Waals surface area contributed by atoms with Gasteiger partial charge in [0.2, 0.25) is 0 Å². The Balaban J connectivity index is 0.000000945. The van der Waals surface area contributed by atoms with Gasteiger partial charge in [-0.15, -0.1) is 0 Å². The maximum absolute atomic E-state index is 6.86. The van der Waals surface area contributed by atoms with Crippen molar-refractivity contribution in [2.75, 3.05) is 0 Å². The van der Waals surface area contributed by atoms with Crippen LogP contribution < -0.4 is 10.4 Å². The van der Waals surface area contributed by atoms with Crippen molar-refractivity contribution in [3.8, 4) is 0 Å². The molecule has 0 aliphatic rings. The summed E-state index contributed by atoms with van der Waals surface area (Å²) in [4.78, 5) is 7.09. The first-order chi connectivity index (χ1) is 16.0. The van der Waals surface area contributed by atoms with Crippen LogP contribution in [0.15, 0.2) is 60.7 Å². The van der Waals surface area contributed by atoms with Crippen LogP contribution >= 0.6 is 0 Å². The molecule has 34 heavy (non-hydrogen) atoms.